The Morgan fingerprint density at radius 2 is 1.65 bits per heavy atom. The second-order valence-electron chi connectivity index (χ2n) is 6.95. The maximum atomic E-state index is 13.1. The molecular weight excluding hydrogens is 398 g/mol. The Morgan fingerprint density at radius 3 is 2.32 bits per heavy atom. The van der Waals surface area contributed by atoms with Crippen LogP contribution in [-0.2, 0) is 16.1 Å². The summed E-state index contributed by atoms with van der Waals surface area (Å²) in [7, 11) is 3.01. The third kappa shape index (κ3) is 3.54. The van der Waals surface area contributed by atoms with E-state index in [1.54, 1.807) is 49.6 Å². The highest BCUT2D eigenvalue weighted by Gasteiger charge is 2.47. The summed E-state index contributed by atoms with van der Waals surface area (Å²) in [5, 5.41) is 11.1. The molecule has 3 aromatic rings. The fraction of sp³-hybridized carbons (Fsp3) is 0.167. The Balaban J connectivity index is 1.86. The van der Waals surface area contributed by atoms with Gasteiger partial charge < -0.3 is 23.9 Å². The van der Waals surface area contributed by atoms with Gasteiger partial charge in [-0.1, -0.05) is 30.3 Å². The average molecular weight is 419 g/mol. The van der Waals surface area contributed by atoms with Crippen molar-refractivity contribution >= 4 is 17.4 Å². The smallest absolute Gasteiger partial charge is 0.296 e. The molecule has 0 spiro atoms. The second kappa shape index (κ2) is 8.39. The number of ketones is 1. The Bertz CT molecular complexity index is 1150. The zero-order chi connectivity index (χ0) is 22.0. The number of para-hydroxylation sites is 2. The van der Waals surface area contributed by atoms with Crippen LogP contribution in [0.3, 0.4) is 0 Å². The van der Waals surface area contributed by atoms with Gasteiger partial charge in [-0.05, 0) is 30.3 Å². The number of aliphatic hydroxyl groups is 1. The van der Waals surface area contributed by atoms with E-state index in [1.165, 1.54) is 18.3 Å². The van der Waals surface area contributed by atoms with E-state index in [0.29, 0.717) is 22.8 Å². The van der Waals surface area contributed by atoms with Crippen molar-refractivity contribution in [1.82, 2.24) is 4.90 Å². The molecule has 2 heterocycles. The number of carbonyl (C=O) groups excluding carboxylic acids is 2. The third-order valence-corrected chi connectivity index (χ3v) is 5.25. The van der Waals surface area contributed by atoms with Crippen LogP contribution in [-0.4, -0.2) is 35.9 Å². The van der Waals surface area contributed by atoms with Gasteiger partial charge >= 0.3 is 0 Å². The number of likely N-dealkylation sites (tertiary alicyclic amines) is 1. The van der Waals surface area contributed by atoms with E-state index in [0.717, 1.165) is 5.56 Å². The highest BCUT2D eigenvalue weighted by molar-refractivity contribution is 6.46. The van der Waals surface area contributed by atoms with Gasteiger partial charge in [0.05, 0.1) is 38.2 Å². The molecule has 1 aliphatic rings. The average Bonchev–Trinajstić information content (AvgIpc) is 3.41. The highest BCUT2D eigenvalue weighted by Crippen LogP contribution is 2.42. The first-order chi connectivity index (χ1) is 15.1. The Morgan fingerprint density at radius 1 is 0.968 bits per heavy atom. The fourth-order valence-electron chi connectivity index (χ4n) is 3.79. The van der Waals surface area contributed by atoms with E-state index in [1.807, 2.05) is 18.2 Å². The van der Waals surface area contributed by atoms with Crippen molar-refractivity contribution in [3.63, 3.8) is 0 Å². The van der Waals surface area contributed by atoms with Gasteiger partial charge in [0.1, 0.15) is 29.1 Å². The number of hydrogen-bond donors (Lipinski definition) is 1. The zero-order valence-electron chi connectivity index (χ0n) is 17.1. The standard InChI is InChI=1S/C24H21NO6/c1-29-17-10-5-3-8-15(17)14-25-21(19-12-7-13-31-19)20(23(27)24(25)28)22(26)16-9-4-6-11-18(16)30-2/h3-13,21,26H,14H2,1-2H3/b22-20-. The van der Waals surface area contributed by atoms with E-state index in [9.17, 15) is 14.7 Å². The molecule has 1 N–H and O–H groups in total. The maximum absolute atomic E-state index is 13.1. The first-order valence-electron chi connectivity index (χ1n) is 9.64. The van der Waals surface area contributed by atoms with Crippen LogP contribution in [0.1, 0.15) is 22.9 Å². The molecule has 0 bridgehead atoms. The molecule has 158 valence electrons. The number of amides is 1. The first-order valence-corrected chi connectivity index (χ1v) is 9.64. The van der Waals surface area contributed by atoms with Crippen molar-refractivity contribution in [3.8, 4) is 11.5 Å². The van der Waals surface area contributed by atoms with Gasteiger partial charge in [-0.3, -0.25) is 9.59 Å². The summed E-state index contributed by atoms with van der Waals surface area (Å²) in [4.78, 5) is 27.5. The Hall–Kier alpha value is -4.00. The van der Waals surface area contributed by atoms with Gasteiger partial charge in [-0.2, -0.15) is 0 Å². The molecule has 31 heavy (non-hydrogen) atoms. The van der Waals surface area contributed by atoms with Gasteiger partial charge in [0.2, 0.25) is 0 Å². The largest absolute Gasteiger partial charge is 0.507 e. The predicted octanol–water partition coefficient (Wildman–Crippen LogP) is 3.92. The number of furan rings is 1. The molecule has 1 aliphatic heterocycles. The molecule has 1 saturated heterocycles. The molecule has 1 aromatic heterocycles. The van der Waals surface area contributed by atoms with E-state index < -0.39 is 17.7 Å². The third-order valence-electron chi connectivity index (χ3n) is 5.25. The van der Waals surface area contributed by atoms with E-state index in [4.69, 9.17) is 13.9 Å². The normalized spacial score (nSPS) is 17.7. The Kier molecular flexibility index (Phi) is 5.49. The fourth-order valence-corrected chi connectivity index (χ4v) is 3.79. The lowest BCUT2D eigenvalue weighted by Gasteiger charge is -2.24. The van der Waals surface area contributed by atoms with Gasteiger partial charge in [0.15, 0.2) is 0 Å². The number of benzene rings is 2. The van der Waals surface area contributed by atoms with Gasteiger partial charge in [0, 0.05) is 5.56 Å². The highest BCUT2D eigenvalue weighted by atomic mass is 16.5. The van der Waals surface area contributed by atoms with Crippen molar-refractivity contribution in [2.24, 2.45) is 0 Å². The number of rotatable bonds is 6. The minimum atomic E-state index is -0.898. The van der Waals surface area contributed by atoms with Gasteiger partial charge in [-0.25, -0.2) is 0 Å². The summed E-state index contributed by atoms with van der Waals surface area (Å²) >= 11 is 0. The molecule has 2 aromatic carbocycles. The van der Waals surface area contributed by atoms with Crippen LogP contribution < -0.4 is 9.47 Å². The van der Waals surface area contributed by atoms with Crippen LogP contribution in [0.15, 0.2) is 76.9 Å². The van der Waals surface area contributed by atoms with Crippen molar-refractivity contribution in [3.05, 3.63) is 89.4 Å². The van der Waals surface area contributed by atoms with Crippen LogP contribution in [0.2, 0.25) is 0 Å². The van der Waals surface area contributed by atoms with Crippen molar-refractivity contribution in [1.29, 1.82) is 0 Å². The molecule has 0 radical (unpaired) electrons. The summed E-state index contributed by atoms with van der Waals surface area (Å²) in [5.74, 6) is -0.504. The molecule has 1 fully saturated rings. The van der Waals surface area contributed by atoms with E-state index in [2.05, 4.69) is 0 Å². The lowest BCUT2D eigenvalue weighted by Crippen LogP contribution is -2.29. The number of methoxy groups -OCH3 is 2. The maximum Gasteiger partial charge on any atom is 0.296 e. The summed E-state index contributed by atoms with van der Waals surface area (Å²) in [6.07, 6.45) is 1.46. The molecule has 4 rings (SSSR count). The lowest BCUT2D eigenvalue weighted by molar-refractivity contribution is -0.140. The predicted molar refractivity (Wildman–Crippen MR) is 113 cm³/mol. The monoisotopic (exact) mass is 419 g/mol. The van der Waals surface area contributed by atoms with Crippen molar-refractivity contribution in [2.45, 2.75) is 12.6 Å². The number of carbonyl (C=O) groups is 2. The molecule has 0 aliphatic carbocycles. The molecule has 0 saturated carbocycles. The molecular formula is C24H21NO6. The minimum absolute atomic E-state index is 0.0562. The topological polar surface area (TPSA) is 89.2 Å². The summed E-state index contributed by atoms with van der Waals surface area (Å²) in [6, 6.07) is 16.4. The first kappa shape index (κ1) is 20.3. The van der Waals surface area contributed by atoms with Crippen LogP contribution in [0.5, 0.6) is 11.5 Å². The number of Topliss-reactive ketones (excluding diaryl/α,β-unsaturated/α-hetero) is 1. The quantitative estimate of drug-likeness (QED) is 0.370. The van der Waals surface area contributed by atoms with E-state index in [-0.39, 0.29) is 17.9 Å². The van der Waals surface area contributed by atoms with Crippen LogP contribution >= 0.6 is 0 Å². The lowest BCUT2D eigenvalue weighted by atomic mass is 9.98. The zero-order valence-corrected chi connectivity index (χ0v) is 17.1. The number of aliphatic hydroxyl groups excluding tert-OH is 1. The number of nitrogens with zero attached hydrogens (tertiary/aromatic N) is 1. The van der Waals surface area contributed by atoms with Crippen LogP contribution in [0.25, 0.3) is 5.76 Å². The minimum Gasteiger partial charge on any atom is -0.507 e. The van der Waals surface area contributed by atoms with Crippen LogP contribution in [0.4, 0.5) is 0 Å². The molecule has 7 heteroatoms. The SMILES string of the molecule is COc1ccccc1CN1C(=O)C(=O)/C(=C(\O)c2ccccc2OC)C1c1ccco1. The molecule has 1 amide bonds. The summed E-state index contributed by atoms with van der Waals surface area (Å²) in [6.45, 7) is 0.0999. The Labute approximate surface area is 179 Å². The molecule has 7 nitrogen and oxygen atoms in total. The molecule has 1 unspecified atom stereocenters. The van der Waals surface area contributed by atoms with E-state index >= 15 is 0 Å². The second-order valence-corrected chi connectivity index (χ2v) is 6.95. The van der Waals surface area contributed by atoms with Gasteiger partial charge in [0.25, 0.3) is 11.7 Å². The van der Waals surface area contributed by atoms with Crippen molar-refractivity contribution in [2.75, 3.05) is 14.2 Å². The summed E-state index contributed by atoms with van der Waals surface area (Å²) in [5.41, 5.74) is 0.983. The summed E-state index contributed by atoms with van der Waals surface area (Å²) < 4.78 is 16.3. The van der Waals surface area contributed by atoms with Gasteiger partial charge in [-0.15, -0.1) is 0 Å². The number of hydrogen-bond acceptors (Lipinski definition) is 6. The van der Waals surface area contributed by atoms with Crippen molar-refractivity contribution < 1.29 is 28.6 Å². The van der Waals surface area contributed by atoms with Crippen LogP contribution in [0, 0.1) is 0 Å². The molecule has 1 atom stereocenters. The number of ether oxygens (including phenoxy) is 2.